The van der Waals surface area contributed by atoms with Crippen LogP contribution < -0.4 is 5.73 Å². The average molecular weight is 271 g/mol. The van der Waals surface area contributed by atoms with Crippen molar-refractivity contribution >= 4 is 16.7 Å². The summed E-state index contributed by atoms with van der Waals surface area (Å²) in [6, 6.07) is 4.16. The minimum atomic E-state index is -4.52. The highest BCUT2D eigenvalue weighted by molar-refractivity contribution is 5.80. The Balaban J connectivity index is 2.20. The molecule has 19 heavy (non-hydrogen) atoms. The number of aromatic nitrogens is 2. The number of aliphatic hydroxyl groups is 1. The topological polar surface area (TPSA) is 64.1 Å². The molecule has 4 nitrogen and oxygen atoms in total. The van der Waals surface area contributed by atoms with Gasteiger partial charge in [0.25, 0.3) is 0 Å². The molecule has 0 aliphatic heterocycles. The summed E-state index contributed by atoms with van der Waals surface area (Å²) < 4.78 is 40.3. The van der Waals surface area contributed by atoms with E-state index in [4.69, 9.17) is 5.73 Å². The number of nitrogens with zero attached hydrogens (tertiary/aromatic N) is 2. The van der Waals surface area contributed by atoms with Crippen LogP contribution in [0.15, 0.2) is 18.2 Å². The Hall–Kier alpha value is -1.76. The van der Waals surface area contributed by atoms with Crippen LogP contribution in [-0.2, 0) is 6.18 Å². The number of benzene rings is 1. The summed E-state index contributed by atoms with van der Waals surface area (Å²) in [6.45, 7) is 0. The molecule has 1 aromatic heterocycles. The van der Waals surface area contributed by atoms with Gasteiger partial charge in [-0.05, 0) is 31.0 Å². The van der Waals surface area contributed by atoms with E-state index >= 15 is 0 Å². The van der Waals surface area contributed by atoms with Gasteiger partial charge in [-0.15, -0.1) is 0 Å². The largest absolute Gasteiger partial charge is 0.449 e. The van der Waals surface area contributed by atoms with E-state index in [-0.39, 0.29) is 11.6 Å². The van der Waals surface area contributed by atoms with Crippen LogP contribution in [0.3, 0.4) is 0 Å². The van der Waals surface area contributed by atoms with Gasteiger partial charge in [-0.25, -0.2) is 4.98 Å². The SMILES string of the molecule is Nc1ccc2c(c1)nc(C(F)(F)F)n2C1CC(O)C1. The van der Waals surface area contributed by atoms with Crippen LogP contribution in [0.1, 0.15) is 24.7 Å². The number of anilines is 1. The maximum absolute atomic E-state index is 13.0. The second-order valence-corrected chi connectivity index (χ2v) is 4.83. The molecule has 1 aromatic carbocycles. The molecule has 0 atom stereocenters. The molecular weight excluding hydrogens is 259 g/mol. The first-order valence-corrected chi connectivity index (χ1v) is 5.89. The Morgan fingerprint density at radius 2 is 2.00 bits per heavy atom. The zero-order chi connectivity index (χ0) is 13.8. The second kappa shape index (κ2) is 3.86. The van der Waals surface area contributed by atoms with E-state index in [0.717, 1.165) is 0 Å². The number of aliphatic hydroxyl groups excluding tert-OH is 1. The lowest BCUT2D eigenvalue weighted by atomic mass is 9.89. The van der Waals surface area contributed by atoms with Gasteiger partial charge in [0, 0.05) is 11.7 Å². The van der Waals surface area contributed by atoms with E-state index in [1.54, 1.807) is 6.07 Å². The summed E-state index contributed by atoms with van der Waals surface area (Å²) in [5, 5.41) is 9.29. The minimum Gasteiger partial charge on any atom is -0.399 e. The summed E-state index contributed by atoms with van der Waals surface area (Å²) in [5.41, 5.74) is 6.57. The van der Waals surface area contributed by atoms with Crippen molar-refractivity contribution in [1.29, 1.82) is 0 Å². The van der Waals surface area contributed by atoms with Crippen molar-refractivity contribution in [1.82, 2.24) is 9.55 Å². The Bertz CT molecular complexity index is 629. The lowest BCUT2D eigenvalue weighted by Gasteiger charge is -2.34. The second-order valence-electron chi connectivity index (χ2n) is 4.83. The molecule has 0 radical (unpaired) electrons. The number of nitrogens with two attached hydrogens (primary N) is 1. The molecule has 0 saturated heterocycles. The molecular formula is C12H12F3N3O. The Morgan fingerprint density at radius 3 is 2.58 bits per heavy atom. The summed E-state index contributed by atoms with van der Waals surface area (Å²) in [4.78, 5) is 3.65. The molecule has 3 rings (SSSR count). The molecule has 0 amide bonds. The first-order chi connectivity index (χ1) is 8.86. The first-order valence-electron chi connectivity index (χ1n) is 5.89. The molecule has 102 valence electrons. The van der Waals surface area contributed by atoms with Crippen molar-refractivity contribution in [2.75, 3.05) is 5.73 Å². The van der Waals surface area contributed by atoms with E-state index in [1.807, 2.05) is 0 Å². The minimum absolute atomic E-state index is 0.230. The van der Waals surface area contributed by atoms with Gasteiger partial charge in [-0.1, -0.05) is 0 Å². The molecule has 1 heterocycles. The number of imidazole rings is 1. The summed E-state index contributed by atoms with van der Waals surface area (Å²) in [5.74, 6) is -0.926. The van der Waals surface area contributed by atoms with E-state index < -0.39 is 18.1 Å². The average Bonchev–Trinajstić information content (AvgIpc) is 2.62. The van der Waals surface area contributed by atoms with Crippen LogP contribution >= 0.6 is 0 Å². The third-order valence-corrected chi connectivity index (χ3v) is 3.42. The highest BCUT2D eigenvalue weighted by atomic mass is 19.4. The van der Waals surface area contributed by atoms with E-state index in [1.165, 1.54) is 16.7 Å². The van der Waals surface area contributed by atoms with Crippen molar-refractivity contribution in [3.8, 4) is 0 Å². The molecule has 0 unspecified atom stereocenters. The van der Waals surface area contributed by atoms with Gasteiger partial charge in [0.2, 0.25) is 5.82 Å². The van der Waals surface area contributed by atoms with Gasteiger partial charge in [0.1, 0.15) is 0 Å². The highest BCUT2D eigenvalue weighted by Crippen LogP contribution is 2.40. The molecule has 0 spiro atoms. The maximum atomic E-state index is 13.0. The van der Waals surface area contributed by atoms with E-state index in [2.05, 4.69) is 4.98 Å². The van der Waals surface area contributed by atoms with Crippen LogP contribution in [0.4, 0.5) is 18.9 Å². The van der Waals surface area contributed by atoms with Gasteiger partial charge in [-0.2, -0.15) is 13.2 Å². The fourth-order valence-corrected chi connectivity index (χ4v) is 2.46. The molecule has 7 heteroatoms. The number of rotatable bonds is 1. The van der Waals surface area contributed by atoms with Crippen LogP contribution in [0.25, 0.3) is 11.0 Å². The smallest absolute Gasteiger partial charge is 0.399 e. The molecule has 1 fully saturated rings. The predicted molar refractivity (Wildman–Crippen MR) is 63.4 cm³/mol. The van der Waals surface area contributed by atoms with Crippen molar-refractivity contribution in [3.63, 3.8) is 0 Å². The van der Waals surface area contributed by atoms with Crippen molar-refractivity contribution in [3.05, 3.63) is 24.0 Å². The summed E-state index contributed by atoms with van der Waals surface area (Å²) in [6.07, 6.45) is -4.41. The zero-order valence-corrected chi connectivity index (χ0v) is 9.85. The quantitative estimate of drug-likeness (QED) is 0.782. The van der Waals surface area contributed by atoms with Gasteiger partial charge >= 0.3 is 6.18 Å². The normalized spacial score (nSPS) is 23.6. The number of halogens is 3. The Morgan fingerprint density at radius 1 is 1.32 bits per heavy atom. The number of nitrogen functional groups attached to an aromatic ring is 1. The van der Waals surface area contributed by atoms with Crippen molar-refractivity contribution < 1.29 is 18.3 Å². The van der Waals surface area contributed by atoms with E-state index in [0.29, 0.717) is 24.0 Å². The van der Waals surface area contributed by atoms with Crippen molar-refractivity contribution in [2.24, 2.45) is 0 Å². The van der Waals surface area contributed by atoms with Crippen LogP contribution in [0.5, 0.6) is 0 Å². The number of hydrogen-bond donors (Lipinski definition) is 2. The Labute approximate surface area is 106 Å². The molecule has 3 N–H and O–H groups in total. The zero-order valence-electron chi connectivity index (χ0n) is 9.85. The van der Waals surface area contributed by atoms with Crippen molar-refractivity contribution in [2.45, 2.75) is 31.2 Å². The molecule has 1 saturated carbocycles. The molecule has 1 aliphatic carbocycles. The molecule has 1 aliphatic rings. The molecule has 2 aromatic rings. The number of alkyl halides is 3. The van der Waals surface area contributed by atoms with Gasteiger partial charge < -0.3 is 15.4 Å². The lowest BCUT2D eigenvalue weighted by Crippen LogP contribution is -2.33. The molecule has 0 bridgehead atoms. The Kier molecular flexibility index (Phi) is 2.50. The van der Waals surface area contributed by atoms with Crippen LogP contribution in [0, 0.1) is 0 Å². The van der Waals surface area contributed by atoms with E-state index in [9.17, 15) is 18.3 Å². The van der Waals surface area contributed by atoms with Gasteiger partial charge in [0.05, 0.1) is 17.1 Å². The monoisotopic (exact) mass is 271 g/mol. The first kappa shape index (κ1) is 12.3. The maximum Gasteiger partial charge on any atom is 0.449 e. The predicted octanol–water partition coefficient (Wildman–Crippen LogP) is 2.33. The van der Waals surface area contributed by atoms with Crippen LogP contribution in [-0.4, -0.2) is 20.8 Å². The van der Waals surface area contributed by atoms with Gasteiger partial charge in [0.15, 0.2) is 0 Å². The fraction of sp³-hybridized carbons (Fsp3) is 0.417. The van der Waals surface area contributed by atoms with Gasteiger partial charge in [-0.3, -0.25) is 0 Å². The lowest BCUT2D eigenvalue weighted by molar-refractivity contribution is -0.149. The fourth-order valence-electron chi connectivity index (χ4n) is 2.46. The summed E-state index contributed by atoms with van der Waals surface area (Å²) >= 11 is 0. The third kappa shape index (κ3) is 1.94. The van der Waals surface area contributed by atoms with Crippen LogP contribution in [0.2, 0.25) is 0 Å². The standard InChI is InChI=1S/C12H12F3N3O/c13-12(14,15)11-17-9-3-6(16)1-2-10(9)18(11)7-4-8(19)5-7/h1-3,7-8,19H,4-5,16H2. The number of fused-ring (bicyclic) bond motifs is 1. The number of hydrogen-bond acceptors (Lipinski definition) is 3. The third-order valence-electron chi connectivity index (χ3n) is 3.42. The summed E-state index contributed by atoms with van der Waals surface area (Å²) in [7, 11) is 0. The highest BCUT2D eigenvalue weighted by Gasteiger charge is 2.41.